The van der Waals surface area contributed by atoms with E-state index in [1.807, 2.05) is 0 Å². The molecule has 0 aliphatic rings. The molecule has 0 bridgehead atoms. The van der Waals surface area contributed by atoms with E-state index < -0.39 is 24.5 Å². The van der Waals surface area contributed by atoms with Gasteiger partial charge in [0.1, 0.15) is 12.4 Å². The number of aromatic nitrogens is 2. The van der Waals surface area contributed by atoms with Crippen LogP contribution >= 0.6 is 0 Å². The molecule has 0 aliphatic carbocycles. The minimum absolute atomic E-state index is 0.0645. The Balaban J connectivity index is 1.58. The monoisotopic (exact) mass is 432 g/mol. The van der Waals surface area contributed by atoms with E-state index in [0.29, 0.717) is 29.6 Å². The van der Waals surface area contributed by atoms with Crippen LogP contribution in [0.15, 0.2) is 53.3 Å². The number of nitrogens with one attached hydrogen (secondary N) is 3. The second kappa shape index (κ2) is 9.41. The molecule has 10 heteroatoms. The molecule has 1 aromatic heterocycles. The van der Waals surface area contributed by atoms with Crippen molar-refractivity contribution in [2.45, 2.75) is 25.4 Å². The number of fused-ring (bicyclic) bond motifs is 1. The van der Waals surface area contributed by atoms with Crippen molar-refractivity contribution in [2.75, 3.05) is 11.9 Å². The van der Waals surface area contributed by atoms with E-state index in [0.717, 1.165) is 0 Å². The van der Waals surface area contributed by atoms with Gasteiger partial charge in [0.2, 0.25) is 5.91 Å². The number of amides is 2. The molecule has 0 saturated carbocycles. The van der Waals surface area contributed by atoms with Gasteiger partial charge >= 0.3 is 6.18 Å². The number of halogens is 3. The van der Waals surface area contributed by atoms with Crippen LogP contribution in [0.5, 0.6) is 0 Å². The molecule has 162 valence electrons. The van der Waals surface area contributed by atoms with E-state index in [-0.39, 0.29) is 23.2 Å². The number of aromatic amines is 1. The SMILES string of the molecule is O=C(CCCc1nc2ccccc2c(=O)[nH]1)Nc1ccccc1C(=O)NCC(F)(F)F. The van der Waals surface area contributed by atoms with Crippen molar-refractivity contribution in [2.24, 2.45) is 0 Å². The van der Waals surface area contributed by atoms with Crippen molar-refractivity contribution in [3.05, 3.63) is 70.3 Å². The zero-order chi connectivity index (χ0) is 22.4. The summed E-state index contributed by atoms with van der Waals surface area (Å²) in [5.41, 5.74) is 0.346. The molecule has 3 rings (SSSR count). The lowest BCUT2D eigenvalue weighted by molar-refractivity contribution is -0.123. The molecule has 7 nitrogen and oxygen atoms in total. The van der Waals surface area contributed by atoms with Gasteiger partial charge in [-0.15, -0.1) is 0 Å². The van der Waals surface area contributed by atoms with E-state index in [2.05, 4.69) is 15.3 Å². The molecular weight excluding hydrogens is 413 g/mol. The first-order chi connectivity index (χ1) is 14.7. The number of carbonyl (C=O) groups is 2. The molecule has 0 fully saturated rings. The normalized spacial score (nSPS) is 11.3. The maximum Gasteiger partial charge on any atom is 0.405 e. The van der Waals surface area contributed by atoms with Crippen LogP contribution in [0.4, 0.5) is 18.9 Å². The predicted molar refractivity (Wildman–Crippen MR) is 109 cm³/mol. The number of hydrogen-bond donors (Lipinski definition) is 3. The molecule has 0 unspecified atom stereocenters. The molecule has 3 N–H and O–H groups in total. The number of benzene rings is 2. The second-order valence-corrected chi connectivity index (χ2v) is 6.77. The highest BCUT2D eigenvalue weighted by atomic mass is 19.4. The van der Waals surface area contributed by atoms with Crippen molar-refractivity contribution in [1.82, 2.24) is 15.3 Å². The topological polar surface area (TPSA) is 104 Å². The van der Waals surface area contributed by atoms with E-state index >= 15 is 0 Å². The molecular formula is C21H19F3N4O3. The van der Waals surface area contributed by atoms with Crippen LogP contribution in [0.1, 0.15) is 29.0 Å². The lowest BCUT2D eigenvalue weighted by Crippen LogP contribution is -2.34. The van der Waals surface area contributed by atoms with Crippen molar-refractivity contribution in [3.8, 4) is 0 Å². The van der Waals surface area contributed by atoms with E-state index in [1.54, 1.807) is 35.6 Å². The molecule has 2 amide bonds. The number of para-hydroxylation sites is 2. The van der Waals surface area contributed by atoms with Gasteiger partial charge in [-0.3, -0.25) is 14.4 Å². The summed E-state index contributed by atoms with van der Waals surface area (Å²) in [6, 6.07) is 12.7. The number of H-pyrrole nitrogens is 1. The molecule has 0 saturated heterocycles. The standard InChI is InChI=1S/C21H19F3N4O3/c22-21(23,24)12-25-19(30)13-6-1-4-9-16(13)27-18(29)11-5-10-17-26-15-8-3-2-7-14(15)20(31)28-17/h1-4,6-9H,5,10-12H2,(H,25,30)(H,27,29)(H,26,28,31). The van der Waals surface area contributed by atoms with Crippen molar-refractivity contribution >= 4 is 28.4 Å². The van der Waals surface area contributed by atoms with Gasteiger partial charge in [0.05, 0.1) is 22.2 Å². The predicted octanol–water partition coefficient (Wildman–Crippen LogP) is 3.18. The first-order valence-electron chi connectivity index (χ1n) is 9.45. The first kappa shape index (κ1) is 22.0. The number of hydrogen-bond acceptors (Lipinski definition) is 4. The van der Waals surface area contributed by atoms with Gasteiger partial charge in [0, 0.05) is 12.8 Å². The Labute approximate surface area is 174 Å². The second-order valence-electron chi connectivity index (χ2n) is 6.77. The summed E-state index contributed by atoms with van der Waals surface area (Å²) in [4.78, 5) is 43.4. The molecule has 2 aromatic carbocycles. The maximum absolute atomic E-state index is 12.3. The van der Waals surface area contributed by atoms with Crippen molar-refractivity contribution in [1.29, 1.82) is 0 Å². The fourth-order valence-corrected chi connectivity index (χ4v) is 2.95. The Hall–Kier alpha value is -3.69. The van der Waals surface area contributed by atoms with Gasteiger partial charge in [-0.25, -0.2) is 4.98 Å². The average molecular weight is 432 g/mol. The number of aryl methyl sites for hydroxylation is 1. The minimum atomic E-state index is -4.54. The Morgan fingerprint density at radius 3 is 2.52 bits per heavy atom. The summed E-state index contributed by atoms with van der Waals surface area (Å²) >= 11 is 0. The third-order valence-electron chi connectivity index (χ3n) is 4.37. The maximum atomic E-state index is 12.3. The zero-order valence-electron chi connectivity index (χ0n) is 16.3. The van der Waals surface area contributed by atoms with Crippen LogP contribution in [-0.4, -0.2) is 34.5 Å². The molecule has 1 heterocycles. The highest BCUT2D eigenvalue weighted by molar-refractivity contribution is 6.03. The van der Waals surface area contributed by atoms with Gasteiger partial charge in [0.15, 0.2) is 0 Å². The number of carbonyl (C=O) groups excluding carboxylic acids is 2. The van der Waals surface area contributed by atoms with E-state index in [4.69, 9.17) is 0 Å². The smallest absolute Gasteiger partial charge is 0.343 e. The number of nitrogens with zero attached hydrogens (tertiary/aromatic N) is 1. The third-order valence-corrected chi connectivity index (χ3v) is 4.37. The van der Waals surface area contributed by atoms with Gasteiger partial charge in [-0.1, -0.05) is 24.3 Å². The van der Waals surface area contributed by atoms with Crippen LogP contribution in [-0.2, 0) is 11.2 Å². The summed E-state index contributed by atoms with van der Waals surface area (Å²) < 4.78 is 37.0. The quantitative estimate of drug-likeness (QED) is 0.533. The Morgan fingerprint density at radius 2 is 1.74 bits per heavy atom. The van der Waals surface area contributed by atoms with Crippen LogP contribution < -0.4 is 16.2 Å². The van der Waals surface area contributed by atoms with E-state index in [1.165, 1.54) is 18.2 Å². The lowest BCUT2D eigenvalue weighted by Gasteiger charge is -2.12. The largest absolute Gasteiger partial charge is 0.405 e. The van der Waals surface area contributed by atoms with Crippen molar-refractivity contribution in [3.63, 3.8) is 0 Å². The Kier molecular flexibility index (Phi) is 6.68. The summed E-state index contributed by atoms with van der Waals surface area (Å²) in [7, 11) is 0. The average Bonchev–Trinajstić information content (AvgIpc) is 2.72. The number of anilines is 1. The van der Waals surface area contributed by atoms with Crippen LogP contribution in [0.2, 0.25) is 0 Å². The highest BCUT2D eigenvalue weighted by Gasteiger charge is 2.28. The van der Waals surface area contributed by atoms with Crippen LogP contribution in [0, 0.1) is 0 Å². The Morgan fingerprint density at radius 1 is 1.03 bits per heavy atom. The van der Waals surface area contributed by atoms with E-state index in [9.17, 15) is 27.6 Å². The summed E-state index contributed by atoms with van der Waals surface area (Å²) in [5.74, 6) is -0.909. The molecule has 31 heavy (non-hydrogen) atoms. The molecule has 0 aliphatic heterocycles. The van der Waals surface area contributed by atoms with Crippen LogP contribution in [0.25, 0.3) is 10.9 Å². The third kappa shape index (κ3) is 6.14. The Bertz CT molecular complexity index is 1160. The number of rotatable bonds is 7. The van der Waals surface area contributed by atoms with Gasteiger partial charge in [-0.2, -0.15) is 13.2 Å². The van der Waals surface area contributed by atoms with Gasteiger partial charge in [-0.05, 0) is 30.7 Å². The summed E-state index contributed by atoms with van der Waals surface area (Å²) in [6.45, 7) is -1.47. The fourth-order valence-electron chi connectivity index (χ4n) is 2.95. The summed E-state index contributed by atoms with van der Waals surface area (Å²) in [5, 5.41) is 4.80. The lowest BCUT2D eigenvalue weighted by atomic mass is 10.1. The fraction of sp³-hybridized carbons (Fsp3) is 0.238. The van der Waals surface area contributed by atoms with Crippen LogP contribution in [0.3, 0.4) is 0 Å². The summed E-state index contributed by atoms with van der Waals surface area (Å²) in [6.07, 6.45) is -3.75. The zero-order valence-corrected chi connectivity index (χ0v) is 16.3. The van der Waals surface area contributed by atoms with Gasteiger partial charge < -0.3 is 15.6 Å². The molecule has 0 spiro atoms. The van der Waals surface area contributed by atoms with Gasteiger partial charge in [0.25, 0.3) is 11.5 Å². The highest BCUT2D eigenvalue weighted by Crippen LogP contribution is 2.17. The first-order valence-corrected chi connectivity index (χ1v) is 9.45. The van der Waals surface area contributed by atoms with Crippen molar-refractivity contribution < 1.29 is 22.8 Å². The number of alkyl halides is 3. The molecule has 3 aromatic rings. The minimum Gasteiger partial charge on any atom is -0.343 e. The molecule has 0 atom stereocenters. The molecule has 0 radical (unpaired) electrons.